The van der Waals surface area contributed by atoms with Crippen LogP contribution in [0.2, 0.25) is 0 Å². The third-order valence-corrected chi connectivity index (χ3v) is 15.5. The number of imidazole rings is 1. The molecule has 76 heavy (non-hydrogen) atoms. The van der Waals surface area contributed by atoms with E-state index in [1.165, 1.54) is 50.1 Å². The summed E-state index contributed by atoms with van der Waals surface area (Å²) in [6.45, 7) is 32.0. The molecule has 0 fully saturated rings. The molecule has 0 saturated heterocycles. The molecule has 10 aromatic rings. The predicted molar refractivity (Wildman–Crippen MR) is 311 cm³/mol. The molecular weight excluding hydrogens is 1110 g/mol. The van der Waals surface area contributed by atoms with Gasteiger partial charge in [-0.05, 0) is 114 Å². The average molecular weight is 1180 g/mol. The van der Waals surface area contributed by atoms with Crippen molar-refractivity contribution in [2.75, 3.05) is 0 Å². The van der Waals surface area contributed by atoms with Gasteiger partial charge in [-0.15, -0.1) is 29.7 Å². The standard InChI is InChI=1S/C70H72N4O.Pt/c1-46(2)58-29-22-30-59(47(3)4)66(58)64-44-72(55-38-52(68(8,9)10)37-53(39-55)70(13,14)49-25-19-16-20-26-49)45-73(64)54-27-21-28-56(42-54)75-57-32-33-60-61-40-50(67(5,6)7)31-34-62(61)74(63(60)43-57)65-41-51(35-36-71-65)69(11,12)48-23-17-15-18-24-48;/h15-41,44,46-47H,1-14H3;/q-2;. The van der Waals surface area contributed by atoms with Crippen LogP contribution in [0.1, 0.15) is 153 Å². The molecule has 3 heterocycles. The van der Waals surface area contributed by atoms with Gasteiger partial charge in [-0.3, -0.25) is 4.57 Å². The van der Waals surface area contributed by atoms with Crippen molar-refractivity contribution in [1.29, 1.82) is 0 Å². The number of aromatic nitrogens is 4. The summed E-state index contributed by atoms with van der Waals surface area (Å²) >= 11 is 0. The largest absolute Gasteiger partial charge is 0.510 e. The molecule has 0 amide bonds. The van der Waals surface area contributed by atoms with Crippen molar-refractivity contribution in [2.45, 2.75) is 130 Å². The minimum atomic E-state index is -0.252. The zero-order valence-electron chi connectivity index (χ0n) is 46.8. The Morgan fingerprint density at radius 2 is 1.11 bits per heavy atom. The number of hydrogen-bond donors (Lipinski definition) is 0. The van der Waals surface area contributed by atoms with Crippen LogP contribution in [0.5, 0.6) is 11.5 Å². The molecule has 0 radical (unpaired) electrons. The number of benzene rings is 7. The van der Waals surface area contributed by atoms with E-state index in [1.54, 1.807) is 0 Å². The summed E-state index contributed by atoms with van der Waals surface area (Å²) in [5, 5.41) is 2.24. The molecule has 6 heteroatoms. The fourth-order valence-corrected chi connectivity index (χ4v) is 10.7. The monoisotopic (exact) mass is 1180 g/mol. The number of ether oxygens (including phenoxy) is 1. The summed E-state index contributed by atoms with van der Waals surface area (Å²) < 4.78 is 13.5. The maximum absolute atomic E-state index is 6.88. The third kappa shape index (κ3) is 10.3. The van der Waals surface area contributed by atoms with Gasteiger partial charge in [0.1, 0.15) is 5.82 Å². The Hall–Kier alpha value is -6.81. The fraction of sp³-hybridized carbons (Fsp3) is 0.286. The molecule has 0 spiro atoms. The quantitative estimate of drug-likeness (QED) is 0.0903. The summed E-state index contributed by atoms with van der Waals surface area (Å²) in [5.41, 5.74) is 15.5. The van der Waals surface area contributed by atoms with E-state index < -0.39 is 0 Å². The van der Waals surface area contributed by atoms with Crippen LogP contribution in [0.15, 0.2) is 170 Å². The van der Waals surface area contributed by atoms with Crippen LogP contribution < -0.4 is 9.30 Å². The van der Waals surface area contributed by atoms with Gasteiger partial charge in [-0.25, -0.2) is 4.98 Å². The van der Waals surface area contributed by atoms with Gasteiger partial charge in [0, 0.05) is 61.3 Å². The minimum Gasteiger partial charge on any atom is -0.510 e. The molecule has 3 aromatic heterocycles. The van der Waals surface area contributed by atoms with Crippen LogP contribution in [0.4, 0.5) is 0 Å². The molecule has 0 saturated carbocycles. The maximum Gasteiger partial charge on any atom is 0.267 e. The van der Waals surface area contributed by atoms with Crippen LogP contribution >= 0.6 is 0 Å². The van der Waals surface area contributed by atoms with E-state index in [4.69, 9.17) is 9.72 Å². The average Bonchev–Trinajstić information content (AvgIpc) is 4.01. The molecule has 0 N–H and O–H groups in total. The Kier molecular flexibility index (Phi) is 14.6. The van der Waals surface area contributed by atoms with E-state index in [1.807, 2.05) is 18.3 Å². The first-order valence-corrected chi connectivity index (χ1v) is 26.8. The molecular formula is C70H72N4OPt-2. The van der Waals surface area contributed by atoms with Crippen molar-refractivity contribution in [3.05, 3.63) is 233 Å². The molecule has 0 aliphatic rings. The summed E-state index contributed by atoms with van der Waals surface area (Å²) in [7, 11) is 0. The topological polar surface area (TPSA) is 35.9 Å². The molecule has 0 aliphatic carbocycles. The number of rotatable bonds is 12. The fourth-order valence-electron chi connectivity index (χ4n) is 10.7. The summed E-state index contributed by atoms with van der Waals surface area (Å²) in [5.74, 6) is 2.56. The van der Waals surface area contributed by atoms with Crippen LogP contribution in [-0.2, 0) is 42.7 Å². The summed E-state index contributed by atoms with van der Waals surface area (Å²) in [6.07, 6.45) is 8.07. The maximum atomic E-state index is 6.88. The third-order valence-electron chi connectivity index (χ3n) is 15.5. The van der Waals surface area contributed by atoms with Gasteiger partial charge in [-0.1, -0.05) is 200 Å². The van der Waals surface area contributed by atoms with Crippen LogP contribution in [0.25, 0.3) is 50.3 Å². The van der Waals surface area contributed by atoms with E-state index in [0.717, 1.165) is 44.7 Å². The van der Waals surface area contributed by atoms with E-state index in [-0.39, 0.29) is 54.6 Å². The Balaban J connectivity index is 0.00000706. The minimum absolute atomic E-state index is 0. The van der Waals surface area contributed by atoms with Gasteiger partial charge in [0.15, 0.2) is 0 Å². The first kappa shape index (κ1) is 54.0. The van der Waals surface area contributed by atoms with Gasteiger partial charge in [0.25, 0.3) is 6.33 Å². The second-order valence-corrected chi connectivity index (χ2v) is 24.2. The predicted octanol–water partition coefficient (Wildman–Crippen LogP) is 17.6. The van der Waals surface area contributed by atoms with Gasteiger partial charge in [0.2, 0.25) is 0 Å². The SMILES string of the molecule is CC(C)c1cccc(C(C)C)c1-c1c[n+](-c2cc(C(C)(C)C)cc(C(C)(C)c3ccccc3)c2)[c-]n1-c1[c-]c(Oc2[c-]c3c(cc2)c2cc(C(C)(C)C)ccc2n3-c2cc(C(C)(C)c3ccccc3)ccn2)ccc1.[Pt]. The van der Waals surface area contributed by atoms with Gasteiger partial charge in [-0.2, -0.15) is 18.2 Å². The van der Waals surface area contributed by atoms with E-state index in [9.17, 15) is 0 Å². The Bertz CT molecular complexity index is 3690. The molecule has 0 unspecified atom stereocenters. The summed E-state index contributed by atoms with van der Waals surface area (Å²) in [4.78, 5) is 5.05. The number of pyridine rings is 1. The number of nitrogens with zero attached hydrogens (tertiary/aromatic N) is 4. The molecule has 390 valence electrons. The van der Waals surface area contributed by atoms with Crippen LogP contribution in [-0.4, -0.2) is 14.1 Å². The second kappa shape index (κ2) is 20.6. The van der Waals surface area contributed by atoms with Crippen LogP contribution in [0.3, 0.4) is 0 Å². The van der Waals surface area contributed by atoms with Gasteiger partial charge in [0.05, 0.1) is 11.4 Å². The number of hydrogen-bond acceptors (Lipinski definition) is 2. The van der Waals surface area contributed by atoms with Crippen molar-refractivity contribution >= 4 is 21.8 Å². The molecule has 0 aliphatic heterocycles. The van der Waals surface area contributed by atoms with E-state index >= 15 is 0 Å². The zero-order chi connectivity index (χ0) is 53.2. The normalized spacial score (nSPS) is 12.5. The van der Waals surface area contributed by atoms with Crippen molar-refractivity contribution in [3.8, 4) is 39.9 Å². The van der Waals surface area contributed by atoms with E-state index in [0.29, 0.717) is 11.5 Å². The van der Waals surface area contributed by atoms with Crippen molar-refractivity contribution in [3.63, 3.8) is 0 Å². The molecule has 10 rings (SSSR count). The summed E-state index contributed by atoms with van der Waals surface area (Å²) in [6, 6.07) is 64.4. The molecule has 0 bridgehead atoms. The first-order chi connectivity index (χ1) is 35.6. The molecule has 7 aromatic carbocycles. The number of fused-ring (bicyclic) bond motifs is 3. The van der Waals surface area contributed by atoms with Crippen molar-refractivity contribution in [1.82, 2.24) is 14.1 Å². The second-order valence-electron chi connectivity index (χ2n) is 24.2. The molecule has 5 nitrogen and oxygen atoms in total. The Labute approximate surface area is 466 Å². The Morgan fingerprint density at radius 1 is 0.513 bits per heavy atom. The molecule has 0 atom stereocenters. The van der Waals surface area contributed by atoms with Crippen molar-refractivity contribution < 1.29 is 30.4 Å². The first-order valence-electron chi connectivity index (χ1n) is 26.8. The smallest absolute Gasteiger partial charge is 0.267 e. The van der Waals surface area contributed by atoms with Crippen LogP contribution in [0, 0.1) is 18.5 Å². The van der Waals surface area contributed by atoms with Crippen molar-refractivity contribution in [2.24, 2.45) is 0 Å². The van der Waals surface area contributed by atoms with Gasteiger partial charge < -0.3 is 13.9 Å². The van der Waals surface area contributed by atoms with E-state index in [2.05, 4.69) is 281 Å². The Morgan fingerprint density at radius 3 is 1.72 bits per heavy atom. The van der Waals surface area contributed by atoms with Gasteiger partial charge >= 0.3 is 0 Å². The zero-order valence-corrected chi connectivity index (χ0v) is 49.1.